The maximum atomic E-state index is 6.15. The van der Waals surface area contributed by atoms with Gasteiger partial charge < -0.3 is 14.7 Å². The van der Waals surface area contributed by atoms with E-state index in [4.69, 9.17) is 16.0 Å². The first kappa shape index (κ1) is 11.3. The van der Waals surface area contributed by atoms with Gasteiger partial charge in [0, 0.05) is 5.56 Å². The van der Waals surface area contributed by atoms with Gasteiger partial charge in [-0.1, -0.05) is 17.7 Å². The van der Waals surface area contributed by atoms with Crippen molar-refractivity contribution in [3.05, 3.63) is 35.6 Å². The molecule has 0 atom stereocenters. The second-order valence-corrected chi connectivity index (χ2v) is 4.29. The van der Waals surface area contributed by atoms with Gasteiger partial charge in [-0.3, -0.25) is 0 Å². The zero-order chi connectivity index (χ0) is 12.5. The Balaban J connectivity index is 2.07. The van der Waals surface area contributed by atoms with Gasteiger partial charge >= 0.3 is 0 Å². The number of oxazole rings is 1. The number of hydrogen-bond acceptors (Lipinski definition) is 4. The van der Waals surface area contributed by atoms with Gasteiger partial charge in [0.1, 0.15) is 22.2 Å². The lowest BCUT2D eigenvalue weighted by Crippen LogP contribution is -2.06. The van der Waals surface area contributed by atoms with E-state index in [1.54, 1.807) is 0 Å². The standard InChI is InChI=1S/C12H11ClN4O/c1-14-5-10-16-11(12(13)17-10)7-2-3-8-9(4-7)18-6-15-8/h2-4,6,14H,5H2,1H3,(H,16,17). The predicted octanol–water partition coefficient (Wildman–Crippen LogP) is 2.59. The van der Waals surface area contributed by atoms with Crippen molar-refractivity contribution in [3.8, 4) is 11.3 Å². The van der Waals surface area contributed by atoms with E-state index >= 15 is 0 Å². The van der Waals surface area contributed by atoms with Crippen molar-refractivity contribution < 1.29 is 4.42 Å². The van der Waals surface area contributed by atoms with Crippen LogP contribution < -0.4 is 5.32 Å². The number of nitrogens with zero attached hydrogens (tertiary/aromatic N) is 2. The SMILES string of the molecule is CNCc1nc(-c2ccc3ncoc3c2)c(Cl)[nH]1. The summed E-state index contributed by atoms with van der Waals surface area (Å²) in [5, 5.41) is 3.55. The van der Waals surface area contributed by atoms with E-state index < -0.39 is 0 Å². The van der Waals surface area contributed by atoms with Crippen LogP contribution in [0, 0.1) is 0 Å². The summed E-state index contributed by atoms with van der Waals surface area (Å²) in [5.74, 6) is 0.801. The van der Waals surface area contributed by atoms with E-state index in [9.17, 15) is 0 Å². The number of halogens is 1. The number of aromatic nitrogens is 3. The molecule has 0 aliphatic carbocycles. The summed E-state index contributed by atoms with van der Waals surface area (Å²) in [7, 11) is 1.86. The second-order valence-electron chi connectivity index (χ2n) is 3.91. The second kappa shape index (κ2) is 4.44. The fourth-order valence-electron chi connectivity index (χ4n) is 1.84. The molecule has 92 valence electrons. The van der Waals surface area contributed by atoms with Gasteiger partial charge in [-0.25, -0.2) is 9.97 Å². The molecule has 5 nitrogen and oxygen atoms in total. The third-order valence-corrected chi connectivity index (χ3v) is 2.93. The molecule has 18 heavy (non-hydrogen) atoms. The predicted molar refractivity (Wildman–Crippen MR) is 69.4 cm³/mol. The van der Waals surface area contributed by atoms with Crippen LogP contribution in [0.15, 0.2) is 29.0 Å². The first-order chi connectivity index (χ1) is 8.78. The molecule has 0 radical (unpaired) electrons. The maximum absolute atomic E-state index is 6.15. The minimum absolute atomic E-state index is 0.527. The Morgan fingerprint density at radius 1 is 1.44 bits per heavy atom. The van der Waals surface area contributed by atoms with Crippen molar-refractivity contribution in [2.75, 3.05) is 7.05 Å². The Hall–Kier alpha value is -1.85. The molecule has 1 aromatic carbocycles. The van der Waals surface area contributed by atoms with Crippen molar-refractivity contribution in [3.63, 3.8) is 0 Å². The third-order valence-electron chi connectivity index (χ3n) is 2.66. The van der Waals surface area contributed by atoms with Crippen LogP contribution in [0.25, 0.3) is 22.4 Å². The quantitative estimate of drug-likeness (QED) is 0.761. The maximum Gasteiger partial charge on any atom is 0.181 e. The lowest BCUT2D eigenvalue weighted by molar-refractivity contribution is 0.602. The molecule has 2 aromatic heterocycles. The Kier molecular flexibility index (Phi) is 2.77. The Bertz CT molecular complexity index is 688. The molecule has 6 heteroatoms. The third kappa shape index (κ3) is 1.87. The zero-order valence-corrected chi connectivity index (χ0v) is 10.5. The van der Waals surface area contributed by atoms with Crippen molar-refractivity contribution in [2.24, 2.45) is 0 Å². The molecule has 0 saturated carbocycles. The molecule has 3 aromatic rings. The monoisotopic (exact) mass is 262 g/mol. The average Bonchev–Trinajstić information content (AvgIpc) is 2.95. The molecule has 0 saturated heterocycles. The van der Waals surface area contributed by atoms with Crippen molar-refractivity contribution in [2.45, 2.75) is 6.54 Å². The number of H-pyrrole nitrogens is 1. The summed E-state index contributed by atoms with van der Waals surface area (Å²) in [4.78, 5) is 11.6. The van der Waals surface area contributed by atoms with E-state index in [1.807, 2.05) is 25.2 Å². The highest BCUT2D eigenvalue weighted by Gasteiger charge is 2.11. The molecule has 0 bridgehead atoms. The number of rotatable bonds is 3. The minimum atomic E-state index is 0.527. The van der Waals surface area contributed by atoms with Crippen LogP contribution in [0.5, 0.6) is 0 Å². The molecular weight excluding hydrogens is 252 g/mol. The molecule has 0 unspecified atom stereocenters. The smallest absolute Gasteiger partial charge is 0.181 e. The van der Waals surface area contributed by atoms with Crippen LogP contribution in [-0.4, -0.2) is 22.0 Å². The highest BCUT2D eigenvalue weighted by molar-refractivity contribution is 6.32. The molecular formula is C12H11ClN4O. The fourth-order valence-corrected chi connectivity index (χ4v) is 2.10. The topological polar surface area (TPSA) is 66.7 Å². The van der Waals surface area contributed by atoms with Crippen molar-refractivity contribution >= 4 is 22.7 Å². The number of benzene rings is 1. The summed E-state index contributed by atoms with van der Waals surface area (Å²) < 4.78 is 5.27. The zero-order valence-electron chi connectivity index (χ0n) is 9.70. The molecule has 3 rings (SSSR count). The van der Waals surface area contributed by atoms with Crippen LogP contribution >= 0.6 is 11.6 Å². The fraction of sp³-hybridized carbons (Fsp3) is 0.167. The summed E-state index contributed by atoms with van der Waals surface area (Å²) in [6.07, 6.45) is 1.42. The molecule has 2 N–H and O–H groups in total. The average molecular weight is 263 g/mol. The summed E-state index contributed by atoms with van der Waals surface area (Å²) in [6, 6.07) is 5.69. The molecule has 0 spiro atoms. The normalized spacial score (nSPS) is 11.2. The van der Waals surface area contributed by atoms with E-state index in [2.05, 4.69) is 20.3 Å². The van der Waals surface area contributed by atoms with Gasteiger partial charge in [-0.15, -0.1) is 0 Å². The Morgan fingerprint density at radius 3 is 3.17 bits per heavy atom. The highest BCUT2D eigenvalue weighted by atomic mass is 35.5. The van der Waals surface area contributed by atoms with Crippen molar-refractivity contribution in [1.82, 2.24) is 20.3 Å². The minimum Gasteiger partial charge on any atom is -0.443 e. The van der Waals surface area contributed by atoms with Crippen LogP contribution in [0.2, 0.25) is 5.15 Å². The molecule has 0 fully saturated rings. The molecule has 0 aliphatic rings. The largest absolute Gasteiger partial charge is 0.443 e. The Morgan fingerprint density at radius 2 is 2.33 bits per heavy atom. The van der Waals surface area contributed by atoms with Gasteiger partial charge in [0.25, 0.3) is 0 Å². The van der Waals surface area contributed by atoms with Gasteiger partial charge in [-0.2, -0.15) is 0 Å². The van der Waals surface area contributed by atoms with E-state index in [0.29, 0.717) is 11.7 Å². The van der Waals surface area contributed by atoms with Gasteiger partial charge in [0.05, 0.1) is 6.54 Å². The highest BCUT2D eigenvalue weighted by Crippen LogP contribution is 2.28. The summed E-state index contributed by atoms with van der Waals surface area (Å²) >= 11 is 6.15. The van der Waals surface area contributed by atoms with Crippen LogP contribution in [0.1, 0.15) is 5.82 Å². The van der Waals surface area contributed by atoms with E-state index in [0.717, 1.165) is 28.2 Å². The van der Waals surface area contributed by atoms with Gasteiger partial charge in [0.15, 0.2) is 12.0 Å². The number of hydrogen-bond donors (Lipinski definition) is 2. The van der Waals surface area contributed by atoms with Crippen LogP contribution in [0.3, 0.4) is 0 Å². The molecule has 0 amide bonds. The van der Waals surface area contributed by atoms with Crippen LogP contribution in [-0.2, 0) is 6.54 Å². The van der Waals surface area contributed by atoms with Crippen molar-refractivity contribution in [1.29, 1.82) is 0 Å². The van der Waals surface area contributed by atoms with Gasteiger partial charge in [0.2, 0.25) is 0 Å². The first-order valence-electron chi connectivity index (χ1n) is 5.50. The lowest BCUT2D eigenvalue weighted by Gasteiger charge is -1.96. The van der Waals surface area contributed by atoms with E-state index in [1.165, 1.54) is 6.39 Å². The first-order valence-corrected chi connectivity index (χ1v) is 5.88. The number of imidazole rings is 1. The number of nitrogens with one attached hydrogen (secondary N) is 2. The summed E-state index contributed by atoms with van der Waals surface area (Å²) in [5.41, 5.74) is 3.17. The van der Waals surface area contributed by atoms with Gasteiger partial charge in [-0.05, 0) is 19.2 Å². The van der Waals surface area contributed by atoms with Crippen LogP contribution in [0.4, 0.5) is 0 Å². The molecule has 2 heterocycles. The molecule has 0 aliphatic heterocycles. The number of aromatic amines is 1. The van der Waals surface area contributed by atoms with E-state index in [-0.39, 0.29) is 0 Å². The summed E-state index contributed by atoms with van der Waals surface area (Å²) in [6.45, 7) is 0.643. The lowest BCUT2D eigenvalue weighted by atomic mass is 10.1. The Labute approximate surface area is 108 Å². The number of fused-ring (bicyclic) bond motifs is 1.